The van der Waals surface area contributed by atoms with Gasteiger partial charge in [-0.05, 0) is 43.6 Å². The van der Waals surface area contributed by atoms with Gasteiger partial charge in [0.25, 0.3) is 0 Å². The minimum Gasteiger partial charge on any atom is -0.313 e. The lowest BCUT2D eigenvalue weighted by Gasteiger charge is -2.30. The molecule has 1 aromatic rings. The largest absolute Gasteiger partial charge is 0.313 e. The lowest BCUT2D eigenvalue weighted by Crippen LogP contribution is -2.43. The summed E-state index contributed by atoms with van der Waals surface area (Å²) in [6.07, 6.45) is 3.97. The van der Waals surface area contributed by atoms with E-state index in [0.717, 1.165) is 25.2 Å². The fourth-order valence-electron chi connectivity index (χ4n) is 2.64. The molecule has 0 radical (unpaired) electrons. The van der Waals surface area contributed by atoms with Gasteiger partial charge in [0.2, 0.25) is 0 Å². The van der Waals surface area contributed by atoms with Crippen molar-refractivity contribution in [1.29, 1.82) is 5.26 Å². The molecule has 3 nitrogen and oxygen atoms in total. The summed E-state index contributed by atoms with van der Waals surface area (Å²) < 4.78 is 0. The quantitative estimate of drug-likeness (QED) is 0.881. The summed E-state index contributed by atoms with van der Waals surface area (Å²) in [5, 5.41) is 12.4. The van der Waals surface area contributed by atoms with E-state index in [1.807, 2.05) is 12.1 Å². The highest BCUT2D eigenvalue weighted by Gasteiger charge is 2.15. The van der Waals surface area contributed by atoms with Gasteiger partial charge < -0.3 is 5.32 Å². The number of likely N-dealkylation sites (N-methyl/N-ethyl adjacent to an activating group) is 1. The molecule has 1 atom stereocenters. The summed E-state index contributed by atoms with van der Waals surface area (Å²) >= 11 is 0. The summed E-state index contributed by atoms with van der Waals surface area (Å²) in [4.78, 5) is 2.48. The van der Waals surface area contributed by atoms with Gasteiger partial charge in [0.15, 0.2) is 0 Å². The van der Waals surface area contributed by atoms with Crippen molar-refractivity contribution in [2.24, 2.45) is 0 Å². The van der Waals surface area contributed by atoms with E-state index in [4.69, 9.17) is 5.26 Å². The van der Waals surface area contributed by atoms with Crippen LogP contribution in [0.5, 0.6) is 0 Å². The Morgan fingerprint density at radius 1 is 1.32 bits per heavy atom. The number of nitrogens with zero attached hydrogens (tertiary/aromatic N) is 2. The molecule has 1 saturated heterocycles. The highest BCUT2D eigenvalue weighted by atomic mass is 15.1. The van der Waals surface area contributed by atoms with Crippen molar-refractivity contribution in [3.8, 4) is 6.07 Å². The Morgan fingerprint density at radius 2 is 2.11 bits per heavy atom. The van der Waals surface area contributed by atoms with Gasteiger partial charge in [0.05, 0.1) is 11.6 Å². The zero-order valence-electron chi connectivity index (χ0n) is 11.7. The first-order chi connectivity index (χ1) is 9.31. The van der Waals surface area contributed by atoms with Gasteiger partial charge in [-0.25, -0.2) is 0 Å². The summed E-state index contributed by atoms with van der Waals surface area (Å²) in [5.41, 5.74) is 2.03. The van der Waals surface area contributed by atoms with Crippen molar-refractivity contribution in [2.45, 2.75) is 38.8 Å². The van der Waals surface area contributed by atoms with Crippen LogP contribution in [0.1, 0.15) is 37.3 Å². The molecule has 0 amide bonds. The average Bonchev–Trinajstić information content (AvgIpc) is 2.48. The predicted molar refractivity (Wildman–Crippen MR) is 77.7 cm³/mol. The highest BCUT2D eigenvalue weighted by molar-refractivity contribution is 5.31. The molecule has 1 aliphatic heterocycles. The standard InChI is InChI=1S/C16H23N3/c1-2-19(13-16-5-3-4-10-18-16)12-15-8-6-14(11-17)7-9-15/h6-9,16,18H,2-5,10,12-13H2,1H3. The molecule has 102 valence electrons. The fourth-order valence-corrected chi connectivity index (χ4v) is 2.64. The maximum absolute atomic E-state index is 8.80. The number of hydrogen-bond donors (Lipinski definition) is 1. The normalized spacial score (nSPS) is 19.3. The van der Waals surface area contributed by atoms with Crippen molar-refractivity contribution in [3.63, 3.8) is 0 Å². The van der Waals surface area contributed by atoms with Crippen molar-refractivity contribution in [1.82, 2.24) is 10.2 Å². The van der Waals surface area contributed by atoms with E-state index in [1.165, 1.54) is 31.4 Å². The SMILES string of the molecule is CCN(Cc1ccc(C#N)cc1)CC1CCCCN1. The third-order valence-corrected chi connectivity index (χ3v) is 3.83. The van der Waals surface area contributed by atoms with Gasteiger partial charge in [0.1, 0.15) is 0 Å². The van der Waals surface area contributed by atoms with Crippen LogP contribution in [-0.4, -0.2) is 30.6 Å². The van der Waals surface area contributed by atoms with Crippen molar-refractivity contribution >= 4 is 0 Å². The Balaban J connectivity index is 1.88. The van der Waals surface area contributed by atoms with E-state index >= 15 is 0 Å². The first-order valence-electron chi connectivity index (χ1n) is 7.26. The molecule has 0 aliphatic carbocycles. The second-order valence-electron chi connectivity index (χ2n) is 5.28. The number of rotatable bonds is 5. The van der Waals surface area contributed by atoms with Crippen LogP contribution >= 0.6 is 0 Å². The molecule has 0 aromatic heterocycles. The highest BCUT2D eigenvalue weighted by Crippen LogP contribution is 2.11. The molecular weight excluding hydrogens is 234 g/mol. The summed E-state index contributed by atoms with van der Waals surface area (Å²) in [5.74, 6) is 0. The van der Waals surface area contributed by atoms with E-state index in [1.54, 1.807) is 0 Å². The number of nitriles is 1. The maximum atomic E-state index is 8.80. The third kappa shape index (κ3) is 4.34. The average molecular weight is 257 g/mol. The Kier molecular flexibility index (Phi) is 5.38. The molecule has 1 fully saturated rings. The van der Waals surface area contributed by atoms with E-state index in [9.17, 15) is 0 Å². The molecule has 1 aliphatic rings. The zero-order chi connectivity index (χ0) is 13.5. The monoisotopic (exact) mass is 257 g/mol. The molecule has 1 unspecified atom stereocenters. The van der Waals surface area contributed by atoms with Crippen LogP contribution in [0, 0.1) is 11.3 Å². The molecule has 0 spiro atoms. The molecule has 1 heterocycles. The number of piperidine rings is 1. The molecule has 19 heavy (non-hydrogen) atoms. The molecule has 1 aromatic carbocycles. The summed E-state index contributed by atoms with van der Waals surface area (Å²) in [6, 6.07) is 10.7. The van der Waals surface area contributed by atoms with Crippen LogP contribution in [0.4, 0.5) is 0 Å². The van der Waals surface area contributed by atoms with E-state index < -0.39 is 0 Å². The number of benzene rings is 1. The predicted octanol–water partition coefficient (Wildman–Crippen LogP) is 2.52. The molecule has 1 N–H and O–H groups in total. The molecule has 0 saturated carbocycles. The minimum atomic E-state index is 0.645. The minimum absolute atomic E-state index is 0.645. The Bertz CT molecular complexity index is 413. The Morgan fingerprint density at radius 3 is 2.68 bits per heavy atom. The number of nitrogens with one attached hydrogen (secondary N) is 1. The van der Waals surface area contributed by atoms with Crippen LogP contribution in [0.15, 0.2) is 24.3 Å². The van der Waals surface area contributed by atoms with Crippen LogP contribution < -0.4 is 5.32 Å². The Labute approximate surface area is 116 Å². The van der Waals surface area contributed by atoms with Crippen LogP contribution in [-0.2, 0) is 6.54 Å². The number of hydrogen-bond acceptors (Lipinski definition) is 3. The van der Waals surface area contributed by atoms with Gasteiger partial charge in [-0.2, -0.15) is 5.26 Å². The van der Waals surface area contributed by atoms with Gasteiger partial charge in [-0.15, -0.1) is 0 Å². The Hall–Kier alpha value is -1.37. The summed E-state index contributed by atoms with van der Waals surface area (Å²) in [7, 11) is 0. The third-order valence-electron chi connectivity index (χ3n) is 3.83. The maximum Gasteiger partial charge on any atom is 0.0991 e. The molecule has 3 heteroatoms. The zero-order valence-corrected chi connectivity index (χ0v) is 11.7. The molecular formula is C16H23N3. The topological polar surface area (TPSA) is 39.1 Å². The lowest BCUT2D eigenvalue weighted by atomic mass is 10.0. The van der Waals surface area contributed by atoms with Gasteiger partial charge >= 0.3 is 0 Å². The van der Waals surface area contributed by atoms with Crippen LogP contribution in [0.2, 0.25) is 0 Å². The first-order valence-corrected chi connectivity index (χ1v) is 7.26. The second-order valence-corrected chi connectivity index (χ2v) is 5.28. The molecule has 0 bridgehead atoms. The smallest absolute Gasteiger partial charge is 0.0991 e. The van der Waals surface area contributed by atoms with Crippen LogP contribution in [0.3, 0.4) is 0 Å². The van der Waals surface area contributed by atoms with E-state index in [0.29, 0.717) is 6.04 Å². The van der Waals surface area contributed by atoms with Gasteiger partial charge in [-0.3, -0.25) is 4.90 Å². The van der Waals surface area contributed by atoms with E-state index in [-0.39, 0.29) is 0 Å². The molecule has 2 rings (SSSR count). The van der Waals surface area contributed by atoms with Gasteiger partial charge in [0, 0.05) is 19.1 Å². The van der Waals surface area contributed by atoms with Gasteiger partial charge in [-0.1, -0.05) is 25.5 Å². The van der Waals surface area contributed by atoms with E-state index in [2.05, 4.69) is 35.3 Å². The first kappa shape index (κ1) is 14.0. The fraction of sp³-hybridized carbons (Fsp3) is 0.562. The van der Waals surface area contributed by atoms with Crippen molar-refractivity contribution in [2.75, 3.05) is 19.6 Å². The summed E-state index contributed by atoms with van der Waals surface area (Å²) in [6.45, 7) is 6.54. The second kappa shape index (κ2) is 7.28. The van der Waals surface area contributed by atoms with Crippen LogP contribution in [0.25, 0.3) is 0 Å². The van der Waals surface area contributed by atoms with Crippen molar-refractivity contribution in [3.05, 3.63) is 35.4 Å². The lowest BCUT2D eigenvalue weighted by molar-refractivity contribution is 0.226. The van der Waals surface area contributed by atoms with Crippen molar-refractivity contribution < 1.29 is 0 Å².